The van der Waals surface area contributed by atoms with Crippen LogP contribution < -0.4 is 5.32 Å². The number of hydrogen-bond donors (Lipinski definition) is 1. The molecule has 8 nitrogen and oxygen atoms in total. The molecule has 0 bridgehead atoms. The Kier molecular flexibility index (Phi) is 14.0. The summed E-state index contributed by atoms with van der Waals surface area (Å²) < 4.78 is 16.1. The van der Waals surface area contributed by atoms with Crippen LogP contribution in [0.15, 0.2) is 91.0 Å². The van der Waals surface area contributed by atoms with Crippen LogP contribution >= 0.6 is 0 Å². The fraction of sp³-hybridized carbons (Fsp3) is 0.344. The Balaban J connectivity index is 1.37. The van der Waals surface area contributed by atoms with Gasteiger partial charge in [-0.25, -0.2) is 0 Å². The number of ether oxygens (including phenoxy) is 3. The molecule has 0 heterocycles. The summed E-state index contributed by atoms with van der Waals surface area (Å²) in [6.45, 7) is 3.26. The van der Waals surface area contributed by atoms with Crippen LogP contribution in [-0.2, 0) is 48.4 Å². The van der Waals surface area contributed by atoms with E-state index in [9.17, 15) is 14.4 Å². The van der Waals surface area contributed by atoms with E-state index >= 15 is 0 Å². The van der Waals surface area contributed by atoms with E-state index < -0.39 is 0 Å². The van der Waals surface area contributed by atoms with Crippen LogP contribution in [-0.4, -0.2) is 55.5 Å². The Hall–Kier alpha value is -4.01. The molecule has 0 saturated heterocycles. The fourth-order valence-electron chi connectivity index (χ4n) is 3.82. The molecule has 0 aliphatic carbocycles. The number of nitrogens with one attached hydrogen (secondary N) is 1. The lowest BCUT2D eigenvalue weighted by Crippen LogP contribution is -2.36. The summed E-state index contributed by atoms with van der Waals surface area (Å²) in [7, 11) is 0. The van der Waals surface area contributed by atoms with E-state index in [-0.39, 0.29) is 57.0 Å². The van der Waals surface area contributed by atoms with Crippen LogP contribution in [0.3, 0.4) is 0 Å². The van der Waals surface area contributed by atoms with Gasteiger partial charge in [0.1, 0.15) is 19.8 Å². The lowest BCUT2D eigenvalue weighted by atomic mass is 10.2. The molecular formula is C32H38N2O6. The van der Waals surface area contributed by atoms with Crippen molar-refractivity contribution in [3.8, 4) is 0 Å². The van der Waals surface area contributed by atoms with Gasteiger partial charge in [-0.05, 0) is 16.7 Å². The molecule has 212 valence electrons. The molecule has 0 amide bonds. The van der Waals surface area contributed by atoms with Crippen LogP contribution in [0.2, 0.25) is 0 Å². The van der Waals surface area contributed by atoms with E-state index in [2.05, 4.69) is 5.32 Å². The van der Waals surface area contributed by atoms with Crippen molar-refractivity contribution in [3.63, 3.8) is 0 Å². The molecule has 3 aromatic rings. The van der Waals surface area contributed by atoms with Gasteiger partial charge in [0.05, 0.1) is 19.3 Å². The third kappa shape index (κ3) is 13.2. The van der Waals surface area contributed by atoms with Crippen molar-refractivity contribution in [2.75, 3.05) is 32.7 Å². The molecule has 0 spiro atoms. The van der Waals surface area contributed by atoms with E-state index in [4.69, 9.17) is 14.2 Å². The lowest BCUT2D eigenvalue weighted by Gasteiger charge is -2.22. The SMILES string of the molecule is O=C(CCNCCN(CCC(=O)OCc1ccccc1)CCC(=O)OCc1ccccc1)OCc1ccccc1. The zero-order valence-corrected chi connectivity index (χ0v) is 22.8. The van der Waals surface area contributed by atoms with Gasteiger partial charge < -0.3 is 24.4 Å². The van der Waals surface area contributed by atoms with Gasteiger partial charge in [0.25, 0.3) is 0 Å². The highest BCUT2D eigenvalue weighted by atomic mass is 16.5. The Morgan fingerprint density at radius 2 is 0.875 bits per heavy atom. The molecular weight excluding hydrogens is 508 g/mol. The molecule has 40 heavy (non-hydrogen) atoms. The summed E-state index contributed by atoms with van der Waals surface area (Å²) in [5.41, 5.74) is 2.81. The second-order valence-electron chi connectivity index (χ2n) is 9.28. The smallest absolute Gasteiger partial charge is 0.307 e. The summed E-state index contributed by atoms with van der Waals surface area (Å²) in [6.07, 6.45) is 0.667. The normalized spacial score (nSPS) is 10.7. The predicted octanol–water partition coefficient (Wildman–Crippen LogP) is 4.28. The van der Waals surface area contributed by atoms with Gasteiger partial charge in [0, 0.05) is 32.7 Å². The van der Waals surface area contributed by atoms with Crippen molar-refractivity contribution in [2.24, 2.45) is 0 Å². The average Bonchev–Trinajstić information content (AvgIpc) is 3.00. The van der Waals surface area contributed by atoms with E-state index in [1.54, 1.807) is 0 Å². The zero-order valence-electron chi connectivity index (χ0n) is 22.8. The van der Waals surface area contributed by atoms with Crippen molar-refractivity contribution >= 4 is 17.9 Å². The second kappa shape index (κ2) is 18.3. The van der Waals surface area contributed by atoms with Crippen molar-refractivity contribution in [3.05, 3.63) is 108 Å². The minimum absolute atomic E-state index is 0.206. The molecule has 3 rings (SSSR count). The number of rotatable bonds is 18. The Morgan fingerprint density at radius 1 is 0.500 bits per heavy atom. The molecule has 1 N–H and O–H groups in total. The highest BCUT2D eigenvalue weighted by molar-refractivity contribution is 5.70. The highest BCUT2D eigenvalue weighted by Gasteiger charge is 2.13. The minimum atomic E-state index is -0.297. The van der Waals surface area contributed by atoms with E-state index in [1.165, 1.54) is 0 Å². The van der Waals surface area contributed by atoms with E-state index in [0.717, 1.165) is 16.7 Å². The third-order valence-corrected chi connectivity index (χ3v) is 6.10. The van der Waals surface area contributed by atoms with Crippen molar-refractivity contribution in [2.45, 2.75) is 39.1 Å². The quantitative estimate of drug-likeness (QED) is 0.144. The number of nitrogens with zero attached hydrogens (tertiary/aromatic N) is 1. The first-order valence-corrected chi connectivity index (χ1v) is 13.6. The molecule has 8 heteroatoms. The first kappa shape index (κ1) is 30.5. The Morgan fingerprint density at radius 3 is 1.27 bits per heavy atom. The summed E-state index contributed by atoms with van der Waals surface area (Å²) in [5.74, 6) is -0.861. The third-order valence-electron chi connectivity index (χ3n) is 6.10. The van der Waals surface area contributed by atoms with Crippen LogP contribution in [0, 0.1) is 0 Å². The Labute approximate surface area is 236 Å². The van der Waals surface area contributed by atoms with Crippen molar-refractivity contribution < 1.29 is 28.6 Å². The second-order valence-corrected chi connectivity index (χ2v) is 9.28. The van der Waals surface area contributed by atoms with Crippen LogP contribution in [0.25, 0.3) is 0 Å². The van der Waals surface area contributed by atoms with Crippen LogP contribution in [0.5, 0.6) is 0 Å². The van der Waals surface area contributed by atoms with Gasteiger partial charge in [-0.2, -0.15) is 0 Å². The largest absolute Gasteiger partial charge is 0.461 e. The van der Waals surface area contributed by atoms with Gasteiger partial charge in [0.2, 0.25) is 0 Å². The summed E-state index contributed by atoms with van der Waals surface area (Å²) in [6, 6.07) is 28.6. The predicted molar refractivity (Wildman–Crippen MR) is 152 cm³/mol. The minimum Gasteiger partial charge on any atom is -0.461 e. The number of benzene rings is 3. The first-order chi connectivity index (χ1) is 19.6. The molecule has 0 radical (unpaired) electrons. The van der Waals surface area contributed by atoms with Gasteiger partial charge >= 0.3 is 17.9 Å². The first-order valence-electron chi connectivity index (χ1n) is 13.6. The number of hydrogen-bond acceptors (Lipinski definition) is 8. The van der Waals surface area contributed by atoms with E-state index in [1.807, 2.05) is 95.9 Å². The molecule has 0 aliphatic heterocycles. The lowest BCUT2D eigenvalue weighted by molar-refractivity contribution is -0.146. The number of carbonyl (C=O) groups excluding carboxylic acids is 3. The molecule has 0 aliphatic rings. The monoisotopic (exact) mass is 546 g/mol. The van der Waals surface area contributed by atoms with Gasteiger partial charge in [-0.1, -0.05) is 91.0 Å². The molecule has 0 aromatic heterocycles. The standard InChI is InChI=1S/C32H38N2O6/c35-30(38-24-27-10-4-1-5-11-27)16-19-33-20-23-34(21-17-31(36)39-25-28-12-6-2-7-13-28)22-18-32(37)40-26-29-14-8-3-9-15-29/h1-15,33H,16-26H2. The van der Waals surface area contributed by atoms with Crippen molar-refractivity contribution in [1.29, 1.82) is 0 Å². The summed E-state index contributed by atoms with van der Waals surface area (Å²) in [5, 5.41) is 3.24. The highest BCUT2D eigenvalue weighted by Crippen LogP contribution is 2.05. The molecule has 0 saturated carbocycles. The topological polar surface area (TPSA) is 94.2 Å². The maximum Gasteiger partial charge on any atom is 0.307 e. The molecule has 0 fully saturated rings. The van der Waals surface area contributed by atoms with Gasteiger partial charge in [-0.3, -0.25) is 14.4 Å². The van der Waals surface area contributed by atoms with Gasteiger partial charge in [-0.15, -0.1) is 0 Å². The maximum absolute atomic E-state index is 12.3. The van der Waals surface area contributed by atoms with Crippen LogP contribution in [0.4, 0.5) is 0 Å². The molecule has 0 unspecified atom stereocenters. The Bertz CT molecular complexity index is 1080. The maximum atomic E-state index is 12.3. The zero-order chi connectivity index (χ0) is 28.3. The van der Waals surface area contributed by atoms with Gasteiger partial charge in [0.15, 0.2) is 0 Å². The molecule has 3 aromatic carbocycles. The van der Waals surface area contributed by atoms with Crippen LogP contribution in [0.1, 0.15) is 36.0 Å². The fourth-order valence-corrected chi connectivity index (χ4v) is 3.82. The number of carbonyl (C=O) groups is 3. The summed E-state index contributed by atoms with van der Waals surface area (Å²) >= 11 is 0. The molecule has 0 atom stereocenters. The average molecular weight is 547 g/mol. The van der Waals surface area contributed by atoms with Crippen molar-refractivity contribution in [1.82, 2.24) is 10.2 Å². The summed E-state index contributed by atoms with van der Waals surface area (Å²) in [4.78, 5) is 38.7. The van der Waals surface area contributed by atoms with E-state index in [0.29, 0.717) is 32.7 Å². The number of esters is 3.